The van der Waals surface area contributed by atoms with Gasteiger partial charge in [-0.1, -0.05) is 32.0 Å². The maximum absolute atomic E-state index is 11.9. The standard InChI is InChI=1S/C18H21NO3/c1-12(2)15-9-8-14(10-13(15)3)22-11-18(21)19-16-6-4-5-7-17(16)20/h4-10,12,20H,11H2,1-3H3,(H,19,21). The van der Waals surface area contributed by atoms with Gasteiger partial charge in [0.2, 0.25) is 0 Å². The molecular weight excluding hydrogens is 278 g/mol. The van der Waals surface area contributed by atoms with Gasteiger partial charge in [-0.2, -0.15) is 0 Å². The smallest absolute Gasteiger partial charge is 0.262 e. The monoisotopic (exact) mass is 299 g/mol. The lowest BCUT2D eigenvalue weighted by Gasteiger charge is -2.12. The molecule has 0 fully saturated rings. The summed E-state index contributed by atoms with van der Waals surface area (Å²) in [7, 11) is 0. The maximum Gasteiger partial charge on any atom is 0.262 e. The first-order valence-electron chi connectivity index (χ1n) is 7.28. The van der Waals surface area contributed by atoms with Crippen molar-refractivity contribution in [1.82, 2.24) is 0 Å². The van der Waals surface area contributed by atoms with Gasteiger partial charge in [0, 0.05) is 0 Å². The van der Waals surface area contributed by atoms with E-state index in [1.165, 1.54) is 11.6 Å². The minimum atomic E-state index is -0.313. The summed E-state index contributed by atoms with van der Waals surface area (Å²) in [5.74, 6) is 0.841. The van der Waals surface area contributed by atoms with Crippen LogP contribution in [0.3, 0.4) is 0 Å². The van der Waals surface area contributed by atoms with Gasteiger partial charge in [0.25, 0.3) is 5.91 Å². The minimum absolute atomic E-state index is 0.0352. The summed E-state index contributed by atoms with van der Waals surface area (Å²) in [5, 5.41) is 12.2. The second kappa shape index (κ2) is 6.98. The minimum Gasteiger partial charge on any atom is -0.506 e. The summed E-state index contributed by atoms with van der Waals surface area (Å²) < 4.78 is 5.50. The lowest BCUT2D eigenvalue weighted by molar-refractivity contribution is -0.118. The first-order chi connectivity index (χ1) is 10.5. The summed E-state index contributed by atoms with van der Waals surface area (Å²) >= 11 is 0. The third-order valence-electron chi connectivity index (χ3n) is 3.41. The Morgan fingerprint density at radius 1 is 1.23 bits per heavy atom. The van der Waals surface area contributed by atoms with Crippen LogP contribution in [-0.2, 0) is 4.79 Å². The lowest BCUT2D eigenvalue weighted by Crippen LogP contribution is -2.20. The van der Waals surface area contributed by atoms with Crippen molar-refractivity contribution < 1.29 is 14.6 Å². The molecule has 0 aliphatic heterocycles. The van der Waals surface area contributed by atoms with Crippen LogP contribution in [0.25, 0.3) is 0 Å². The van der Waals surface area contributed by atoms with E-state index in [1.54, 1.807) is 18.2 Å². The zero-order valence-corrected chi connectivity index (χ0v) is 13.1. The quantitative estimate of drug-likeness (QED) is 0.825. The van der Waals surface area contributed by atoms with E-state index in [9.17, 15) is 9.90 Å². The lowest BCUT2D eigenvalue weighted by atomic mass is 9.98. The molecule has 1 amide bonds. The first-order valence-corrected chi connectivity index (χ1v) is 7.28. The predicted molar refractivity (Wildman–Crippen MR) is 87.5 cm³/mol. The average molecular weight is 299 g/mol. The fourth-order valence-corrected chi connectivity index (χ4v) is 2.30. The molecular formula is C18H21NO3. The van der Waals surface area contributed by atoms with E-state index in [2.05, 4.69) is 19.2 Å². The number of para-hydroxylation sites is 2. The molecule has 0 spiro atoms. The Labute approximate surface area is 130 Å². The van der Waals surface area contributed by atoms with Crippen molar-refractivity contribution in [2.45, 2.75) is 26.7 Å². The Morgan fingerprint density at radius 2 is 1.95 bits per heavy atom. The van der Waals surface area contributed by atoms with E-state index in [4.69, 9.17) is 4.74 Å². The van der Waals surface area contributed by atoms with Gasteiger partial charge in [0.15, 0.2) is 6.61 Å². The number of amides is 1. The van der Waals surface area contributed by atoms with E-state index in [0.717, 1.165) is 5.56 Å². The highest BCUT2D eigenvalue weighted by molar-refractivity contribution is 5.93. The van der Waals surface area contributed by atoms with E-state index < -0.39 is 0 Å². The molecule has 2 N–H and O–H groups in total. The molecule has 4 heteroatoms. The van der Waals surface area contributed by atoms with Crippen LogP contribution >= 0.6 is 0 Å². The molecule has 0 aromatic heterocycles. The molecule has 0 heterocycles. The number of aryl methyl sites for hydroxylation is 1. The maximum atomic E-state index is 11.9. The van der Waals surface area contributed by atoms with E-state index in [0.29, 0.717) is 17.4 Å². The van der Waals surface area contributed by atoms with Crippen LogP contribution in [-0.4, -0.2) is 17.6 Å². The zero-order valence-electron chi connectivity index (χ0n) is 13.1. The zero-order chi connectivity index (χ0) is 16.1. The first kappa shape index (κ1) is 15.9. The van der Waals surface area contributed by atoms with Gasteiger partial charge >= 0.3 is 0 Å². The number of ether oxygens (including phenoxy) is 1. The summed E-state index contributed by atoms with van der Waals surface area (Å²) in [4.78, 5) is 11.9. The van der Waals surface area contributed by atoms with Crippen molar-refractivity contribution in [1.29, 1.82) is 0 Å². The molecule has 2 aromatic rings. The van der Waals surface area contributed by atoms with Crippen LogP contribution in [0.15, 0.2) is 42.5 Å². The van der Waals surface area contributed by atoms with Gasteiger partial charge in [-0.15, -0.1) is 0 Å². The van der Waals surface area contributed by atoms with Crippen molar-refractivity contribution >= 4 is 11.6 Å². The van der Waals surface area contributed by atoms with Crippen molar-refractivity contribution in [3.63, 3.8) is 0 Å². The number of aromatic hydroxyl groups is 1. The van der Waals surface area contributed by atoms with Crippen LogP contribution < -0.4 is 10.1 Å². The molecule has 2 rings (SSSR count). The highest BCUT2D eigenvalue weighted by atomic mass is 16.5. The molecule has 0 atom stereocenters. The molecule has 0 bridgehead atoms. The number of rotatable bonds is 5. The Morgan fingerprint density at radius 3 is 2.59 bits per heavy atom. The third kappa shape index (κ3) is 4.01. The van der Waals surface area contributed by atoms with Gasteiger partial charge in [-0.05, 0) is 48.2 Å². The van der Waals surface area contributed by atoms with Crippen molar-refractivity contribution in [3.8, 4) is 11.5 Å². The summed E-state index contributed by atoms with van der Waals surface area (Å²) in [5.41, 5.74) is 2.79. The van der Waals surface area contributed by atoms with E-state index >= 15 is 0 Å². The van der Waals surface area contributed by atoms with Gasteiger partial charge in [-0.3, -0.25) is 4.79 Å². The number of nitrogens with one attached hydrogen (secondary N) is 1. The van der Waals surface area contributed by atoms with Gasteiger partial charge < -0.3 is 15.2 Å². The number of benzene rings is 2. The van der Waals surface area contributed by atoms with E-state index in [1.807, 2.05) is 25.1 Å². The number of anilines is 1. The van der Waals surface area contributed by atoms with E-state index in [-0.39, 0.29) is 18.3 Å². The molecule has 0 saturated heterocycles. The van der Waals surface area contributed by atoms with Gasteiger partial charge in [0.05, 0.1) is 5.69 Å². The molecule has 0 radical (unpaired) electrons. The average Bonchev–Trinajstić information content (AvgIpc) is 2.47. The van der Waals surface area contributed by atoms with Crippen LogP contribution in [0.5, 0.6) is 11.5 Å². The number of hydrogen-bond donors (Lipinski definition) is 2. The number of carbonyl (C=O) groups excluding carboxylic acids is 1. The molecule has 4 nitrogen and oxygen atoms in total. The van der Waals surface area contributed by atoms with Crippen molar-refractivity contribution in [3.05, 3.63) is 53.6 Å². The van der Waals surface area contributed by atoms with Gasteiger partial charge in [-0.25, -0.2) is 0 Å². The molecule has 116 valence electrons. The Balaban J connectivity index is 1.94. The third-order valence-corrected chi connectivity index (χ3v) is 3.41. The number of phenolic OH excluding ortho intramolecular Hbond substituents is 1. The molecule has 2 aromatic carbocycles. The Hall–Kier alpha value is -2.49. The molecule has 0 aliphatic rings. The normalized spacial score (nSPS) is 10.5. The topological polar surface area (TPSA) is 58.6 Å². The summed E-state index contributed by atoms with van der Waals surface area (Å²) in [6.45, 7) is 6.21. The largest absolute Gasteiger partial charge is 0.506 e. The van der Waals surface area contributed by atoms with Gasteiger partial charge in [0.1, 0.15) is 11.5 Å². The van der Waals surface area contributed by atoms with Crippen LogP contribution in [0.2, 0.25) is 0 Å². The second-order valence-electron chi connectivity index (χ2n) is 5.53. The van der Waals surface area contributed by atoms with Crippen LogP contribution in [0.1, 0.15) is 30.9 Å². The summed E-state index contributed by atoms with van der Waals surface area (Å²) in [6.07, 6.45) is 0. The van der Waals surface area contributed by atoms with Crippen LogP contribution in [0, 0.1) is 6.92 Å². The molecule has 0 aliphatic carbocycles. The Kier molecular flexibility index (Phi) is 5.04. The number of carbonyl (C=O) groups is 1. The highest BCUT2D eigenvalue weighted by Crippen LogP contribution is 2.24. The number of phenols is 1. The van der Waals surface area contributed by atoms with Crippen molar-refractivity contribution in [2.24, 2.45) is 0 Å². The van der Waals surface area contributed by atoms with Crippen molar-refractivity contribution in [2.75, 3.05) is 11.9 Å². The highest BCUT2D eigenvalue weighted by Gasteiger charge is 2.08. The molecule has 22 heavy (non-hydrogen) atoms. The molecule has 0 saturated carbocycles. The fourth-order valence-electron chi connectivity index (χ4n) is 2.30. The molecule has 0 unspecified atom stereocenters. The summed E-state index contributed by atoms with van der Waals surface area (Å²) in [6, 6.07) is 12.4. The second-order valence-corrected chi connectivity index (χ2v) is 5.53. The SMILES string of the molecule is Cc1cc(OCC(=O)Nc2ccccc2O)ccc1C(C)C. The number of hydrogen-bond acceptors (Lipinski definition) is 3. The fraction of sp³-hybridized carbons (Fsp3) is 0.278. The predicted octanol–water partition coefficient (Wildman–Crippen LogP) is 3.84. The Bertz CT molecular complexity index is 665. The van der Waals surface area contributed by atoms with Crippen LogP contribution in [0.4, 0.5) is 5.69 Å².